The van der Waals surface area contributed by atoms with E-state index in [0.717, 1.165) is 12.2 Å². The second kappa shape index (κ2) is 6.40. The molecule has 3 N–H and O–H groups in total. The van der Waals surface area contributed by atoms with Crippen molar-refractivity contribution in [2.24, 2.45) is 5.73 Å². The fraction of sp³-hybridized carbons (Fsp3) is 0.500. The van der Waals surface area contributed by atoms with Gasteiger partial charge in [0.25, 0.3) is 5.91 Å². The molecular weight excluding hydrogens is 228 g/mol. The first kappa shape index (κ1) is 14.5. The highest BCUT2D eigenvalue weighted by Gasteiger charge is 2.18. The number of carbonyl (C=O) groups is 1. The van der Waals surface area contributed by atoms with Crippen molar-refractivity contribution >= 4 is 5.91 Å². The summed E-state index contributed by atoms with van der Waals surface area (Å²) in [5.41, 5.74) is 6.34. The molecule has 0 aromatic heterocycles. The zero-order chi connectivity index (χ0) is 13.6. The fourth-order valence-electron chi connectivity index (χ4n) is 1.47. The maximum absolute atomic E-state index is 11.7. The largest absolute Gasteiger partial charge is 0.484 e. The summed E-state index contributed by atoms with van der Waals surface area (Å²) >= 11 is 0. The van der Waals surface area contributed by atoms with Gasteiger partial charge in [-0.1, -0.05) is 19.1 Å². The Balaban J connectivity index is 2.47. The van der Waals surface area contributed by atoms with Crippen molar-refractivity contribution in [1.82, 2.24) is 5.32 Å². The molecule has 0 radical (unpaired) electrons. The highest BCUT2D eigenvalue weighted by atomic mass is 16.5. The van der Waals surface area contributed by atoms with Crippen LogP contribution in [-0.4, -0.2) is 24.6 Å². The summed E-state index contributed by atoms with van der Waals surface area (Å²) in [5.74, 6) is 0.558. The van der Waals surface area contributed by atoms with Crippen LogP contribution in [0.15, 0.2) is 24.3 Å². The van der Waals surface area contributed by atoms with Crippen LogP contribution in [0.5, 0.6) is 5.75 Å². The van der Waals surface area contributed by atoms with Gasteiger partial charge in [-0.3, -0.25) is 4.79 Å². The molecular formula is C14H22N2O2. The third-order valence-electron chi connectivity index (χ3n) is 2.66. The number of nitrogens with one attached hydrogen (secondary N) is 1. The second-order valence-electron chi connectivity index (χ2n) is 4.93. The number of nitrogens with two attached hydrogens (primary N) is 1. The Morgan fingerprint density at radius 1 is 1.44 bits per heavy atom. The lowest BCUT2D eigenvalue weighted by atomic mass is 10.1. The summed E-state index contributed by atoms with van der Waals surface area (Å²) in [4.78, 5) is 11.7. The molecule has 18 heavy (non-hydrogen) atoms. The van der Waals surface area contributed by atoms with Crippen LogP contribution in [0.2, 0.25) is 0 Å². The van der Waals surface area contributed by atoms with Crippen LogP contribution in [0.3, 0.4) is 0 Å². The molecule has 0 aliphatic carbocycles. The van der Waals surface area contributed by atoms with Crippen LogP contribution < -0.4 is 15.8 Å². The topological polar surface area (TPSA) is 64.3 Å². The Morgan fingerprint density at radius 2 is 2.17 bits per heavy atom. The van der Waals surface area contributed by atoms with Gasteiger partial charge in [-0.25, -0.2) is 0 Å². The van der Waals surface area contributed by atoms with Gasteiger partial charge in [0, 0.05) is 12.1 Å². The highest BCUT2D eigenvalue weighted by Crippen LogP contribution is 2.13. The minimum absolute atomic E-state index is 0.0105. The standard InChI is InChI=1S/C14H22N2O2/c1-4-11-6-5-7-12(8-11)18-9-13(17)16-14(2,3)10-15/h5-8H,4,9-10,15H2,1-3H3,(H,16,17). The van der Waals surface area contributed by atoms with E-state index in [1.165, 1.54) is 5.56 Å². The zero-order valence-corrected chi connectivity index (χ0v) is 11.3. The average molecular weight is 250 g/mol. The van der Waals surface area contributed by atoms with Crippen LogP contribution in [-0.2, 0) is 11.2 Å². The van der Waals surface area contributed by atoms with Crippen molar-refractivity contribution < 1.29 is 9.53 Å². The van der Waals surface area contributed by atoms with Crippen LogP contribution in [0, 0.1) is 0 Å². The average Bonchev–Trinajstić information content (AvgIpc) is 2.36. The van der Waals surface area contributed by atoms with Gasteiger partial charge < -0.3 is 15.8 Å². The van der Waals surface area contributed by atoms with Crippen molar-refractivity contribution in [3.63, 3.8) is 0 Å². The third kappa shape index (κ3) is 4.75. The zero-order valence-electron chi connectivity index (χ0n) is 11.3. The molecule has 1 amide bonds. The molecule has 4 heteroatoms. The first-order valence-corrected chi connectivity index (χ1v) is 6.19. The van der Waals surface area contributed by atoms with Gasteiger partial charge in [-0.15, -0.1) is 0 Å². The molecule has 0 spiro atoms. The number of rotatable bonds is 6. The summed E-state index contributed by atoms with van der Waals surface area (Å²) in [6.07, 6.45) is 0.948. The molecule has 100 valence electrons. The lowest BCUT2D eigenvalue weighted by Gasteiger charge is -2.24. The Morgan fingerprint density at radius 3 is 2.78 bits per heavy atom. The molecule has 4 nitrogen and oxygen atoms in total. The predicted octanol–water partition coefficient (Wildman–Crippen LogP) is 1.48. The molecule has 0 atom stereocenters. The van der Waals surface area contributed by atoms with Crippen LogP contribution in [0.25, 0.3) is 0 Å². The number of carbonyl (C=O) groups excluding carboxylic acids is 1. The molecule has 1 aromatic carbocycles. The van der Waals surface area contributed by atoms with Gasteiger partial charge in [0.15, 0.2) is 6.61 Å². The van der Waals surface area contributed by atoms with E-state index in [1.54, 1.807) is 0 Å². The van der Waals surface area contributed by atoms with Crippen LogP contribution >= 0.6 is 0 Å². The molecule has 0 aliphatic heterocycles. The Hall–Kier alpha value is -1.55. The Bertz CT molecular complexity index is 403. The summed E-state index contributed by atoms with van der Waals surface area (Å²) in [6, 6.07) is 7.75. The summed E-state index contributed by atoms with van der Waals surface area (Å²) in [7, 11) is 0. The molecule has 0 saturated heterocycles. The number of benzene rings is 1. The summed E-state index contributed by atoms with van der Waals surface area (Å²) < 4.78 is 5.45. The van der Waals surface area contributed by atoms with Gasteiger partial charge in [-0.2, -0.15) is 0 Å². The first-order valence-electron chi connectivity index (χ1n) is 6.19. The fourth-order valence-corrected chi connectivity index (χ4v) is 1.47. The molecule has 0 aliphatic rings. The van der Waals surface area contributed by atoms with Crippen molar-refractivity contribution in [2.75, 3.05) is 13.2 Å². The van der Waals surface area contributed by atoms with Crippen LogP contribution in [0.4, 0.5) is 0 Å². The van der Waals surface area contributed by atoms with E-state index >= 15 is 0 Å². The van der Waals surface area contributed by atoms with E-state index in [2.05, 4.69) is 12.2 Å². The molecule has 0 heterocycles. The number of hydrogen-bond donors (Lipinski definition) is 2. The first-order chi connectivity index (χ1) is 8.46. The minimum Gasteiger partial charge on any atom is -0.484 e. The number of hydrogen-bond acceptors (Lipinski definition) is 3. The quantitative estimate of drug-likeness (QED) is 0.804. The van der Waals surface area contributed by atoms with Gasteiger partial charge in [0.2, 0.25) is 0 Å². The van der Waals surface area contributed by atoms with Gasteiger partial charge in [-0.05, 0) is 38.0 Å². The van der Waals surface area contributed by atoms with Crippen molar-refractivity contribution in [2.45, 2.75) is 32.7 Å². The van der Waals surface area contributed by atoms with Crippen molar-refractivity contribution in [1.29, 1.82) is 0 Å². The smallest absolute Gasteiger partial charge is 0.258 e. The predicted molar refractivity (Wildman–Crippen MR) is 72.6 cm³/mol. The Labute approximate surface area is 109 Å². The van der Waals surface area contributed by atoms with Gasteiger partial charge in [0.1, 0.15) is 5.75 Å². The van der Waals surface area contributed by atoms with Crippen molar-refractivity contribution in [3.05, 3.63) is 29.8 Å². The third-order valence-corrected chi connectivity index (χ3v) is 2.66. The maximum Gasteiger partial charge on any atom is 0.258 e. The monoisotopic (exact) mass is 250 g/mol. The minimum atomic E-state index is -0.397. The van der Waals surface area contributed by atoms with Gasteiger partial charge in [0.05, 0.1) is 0 Å². The van der Waals surface area contributed by atoms with E-state index in [9.17, 15) is 4.79 Å². The molecule has 1 aromatic rings. The highest BCUT2D eigenvalue weighted by molar-refractivity contribution is 5.78. The lowest BCUT2D eigenvalue weighted by molar-refractivity contribution is -0.124. The molecule has 0 unspecified atom stereocenters. The molecule has 0 bridgehead atoms. The Kier molecular flexibility index (Phi) is 5.16. The van der Waals surface area contributed by atoms with E-state index in [-0.39, 0.29) is 12.5 Å². The molecule has 0 fully saturated rings. The number of aryl methyl sites for hydroxylation is 1. The van der Waals surface area contributed by atoms with E-state index < -0.39 is 5.54 Å². The summed E-state index contributed by atoms with van der Waals surface area (Å²) in [5, 5.41) is 2.82. The molecule has 0 saturated carbocycles. The normalized spacial score (nSPS) is 11.1. The lowest BCUT2D eigenvalue weighted by Crippen LogP contribution is -2.50. The number of amides is 1. The SMILES string of the molecule is CCc1cccc(OCC(=O)NC(C)(C)CN)c1. The number of ether oxygens (including phenoxy) is 1. The van der Waals surface area contributed by atoms with Gasteiger partial charge >= 0.3 is 0 Å². The molecule has 1 rings (SSSR count). The van der Waals surface area contributed by atoms with E-state index in [0.29, 0.717) is 6.54 Å². The second-order valence-corrected chi connectivity index (χ2v) is 4.93. The van der Waals surface area contributed by atoms with Crippen molar-refractivity contribution in [3.8, 4) is 5.75 Å². The van der Waals surface area contributed by atoms with Crippen LogP contribution in [0.1, 0.15) is 26.3 Å². The van der Waals surface area contributed by atoms with E-state index in [1.807, 2.05) is 38.1 Å². The van der Waals surface area contributed by atoms with E-state index in [4.69, 9.17) is 10.5 Å². The maximum atomic E-state index is 11.7. The summed E-state index contributed by atoms with van der Waals surface area (Å²) in [6.45, 7) is 6.24.